The van der Waals surface area contributed by atoms with Gasteiger partial charge in [0.15, 0.2) is 0 Å². The summed E-state index contributed by atoms with van der Waals surface area (Å²) in [5.74, 6) is 1.93. The Morgan fingerprint density at radius 2 is 2.23 bits per heavy atom. The average molecular weight is 314 g/mol. The minimum absolute atomic E-state index is 0.342. The number of nitrogens with zero attached hydrogens (tertiary/aromatic N) is 4. The van der Waals surface area contributed by atoms with E-state index in [4.69, 9.17) is 11.6 Å². The quantitative estimate of drug-likeness (QED) is 0.789. The van der Waals surface area contributed by atoms with Crippen LogP contribution < -0.4 is 5.32 Å². The van der Waals surface area contributed by atoms with Crippen LogP contribution in [0.25, 0.3) is 10.9 Å². The summed E-state index contributed by atoms with van der Waals surface area (Å²) in [6.07, 6.45) is 3.82. The van der Waals surface area contributed by atoms with E-state index in [2.05, 4.69) is 20.4 Å². The van der Waals surface area contributed by atoms with Crippen LogP contribution in [0.2, 0.25) is 5.02 Å². The molecule has 4 rings (SSSR count). The van der Waals surface area contributed by atoms with Gasteiger partial charge in [0.25, 0.3) is 0 Å². The molecule has 1 aliphatic heterocycles. The molecule has 1 atom stereocenters. The highest BCUT2D eigenvalue weighted by atomic mass is 35.5. The van der Waals surface area contributed by atoms with Gasteiger partial charge in [0, 0.05) is 34.8 Å². The van der Waals surface area contributed by atoms with Gasteiger partial charge in [0.2, 0.25) is 0 Å². The van der Waals surface area contributed by atoms with Crippen LogP contribution in [-0.4, -0.2) is 25.8 Å². The Morgan fingerprint density at radius 1 is 1.32 bits per heavy atom. The molecular formula is C16H16ClN5. The third-order valence-corrected chi connectivity index (χ3v) is 4.26. The first-order chi connectivity index (χ1) is 10.7. The van der Waals surface area contributed by atoms with E-state index in [-0.39, 0.29) is 0 Å². The molecule has 0 aliphatic carbocycles. The summed E-state index contributed by atoms with van der Waals surface area (Å²) in [6, 6.07) is 8.16. The van der Waals surface area contributed by atoms with Crippen molar-refractivity contribution in [3.05, 3.63) is 47.1 Å². The Morgan fingerprint density at radius 3 is 3.14 bits per heavy atom. The van der Waals surface area contributed by atoms with E-state index in [1.165, 1.54) is 0 Å². The number of pyridine rings is 1. The summed E-state index contributed by atoms with van der Waals surface area (Å²) in [7, 11) is 0. The van der Waals surface area contributed by atoms with Gasteiger partial charge in [-0.3, -0.25) is 4.98 Å². The van der Waals surface area contributed by atoms with Crippen LogP contribution in [0.15, 0.2) is 30.5 Å². The van der Waals surface area contributed by atoms with E-state index in [0.29, 0.717) is 11.1 Å². The molecule has 22 heavy (non-hydrogen) atoms. The highest BCUT2D eigenvalue weighted by Gasteiger charge is 2.21. The summed E-state index contributed by atoms with van der Waals surface area (Å²) in [4.78, 5) is 8.83. The van der Waals surface area contributed by atoms with Crippen LogP contribution in [0.1, 0.15) is 18.1 Å². The number of fused-ring (bicyclic) bond motifs is 2. The minimum Gasteiger partial charge on any atom is -0.380 e. The van der Waals surface area contributed by atoms with Gasteiger partial charge in [-0.25, -0.2) is 9.67 Å². The van der Waals surface area contributed by atoms with Gasteiger partial charge >= 0.3 is 0 Å². The summed E-state index contributed by atoms with van der Waals surface area (Å²) in [5.41, 5.74) is 2.00. The van der Waals surface area contributed by atoms with Gasteiger partial charge in [-0.05, 0) is 37.6 Å². The SMILES string of the molecule is Cc1nc2n(n1)CC(Nc1ccnc3cc(Cl)ccc13)CC2. The molecular weight excluding hydrogens is 298 g/mol. The maximum atomic E-state index is 6.04. The zero-order chi connectivity index (χ0) is 15.1. The third-order valence-electron chi connectivity index (χ3n) is 4.03. The van der Waals surface area contributed by atoms with Crippen LogP contribution in [0.5, 0.6) is 0 Å². The lowest BCUT2D eigenvalue weighted by Gasteiger charge is -2.25. The van der Waals surface area contributed by atoms with Crippen molar-refractivity contribution in [2.24, 2.45) is 0 Å². The molecule has 3 heterocycles. The number of aryl methyl sites for hydroxylation is 2. The number of halogens is 1. The van der Waals surface area contributed by atoms with Gasteiger partial charge < -0.3 is 5.32 Å². The number of hydrogen-bond donors (Lipinski definition) is 1. The van der Waals surface area contributed by atoms with Crippen molar-refractivity contribution in [3.63, 3.8) is 0 Å². The van der Waals surface area contributed by atoms with Crippen LogP contribution in [-0.2, 0) is 13.0 Å². The molecule has 0 fully saturated rings. The lowest BCUT2D eigenvalue weighted by Crippen LogP contribution is -2.32. The first kappa shape index (κ1) is 13.5. The monoisotopic (exact) mass is 313 g/mol. The standard InChI is InChI=1S/C16H16ClN5/c1-10-19-16-5-3-12(9-22(16)21-10)20-14-6-7-18-15-8-11(17)2-4-13(14)15/h2,4,6-8,12H,3,5,9H2,1H3,(H,18,20). The number of aromatic nitrogens is 4. The first-order valence-electron chi connectivity index (χ1n) is 7.40. The Hall–Kier alpha value is -2.14. The summed E-state index contributed by atoms with van der Waals surface area (Å²) >= 11 is 6.04. The molecule has 0 bridgehead atoms. The number of hydrogen-bond acceptors (Lipinski definition) is 4. The van der Waals surface area contributed by atoms with Gasteiger partial charge in [-0.15, -0.1) is 0 Å². The number of nitrogens with one attached hydrogen (secondary N) is 1. The van der Waals surface area contributed by atoms with Crippen LogP contribution >= 0.6 is 11.6 Å². The number of anilines is 1. The van der Waals surface area contributed by atoms with Gasteiger partial charge in [0.1, 0.15) is 11.6 Å². The molecule has 0 saturated carbocycles. The van der Waals surface area contributed by atoms with Crippen molar-refractivity contribution in [2.45, 2.75) is 32.4 Å². The fourth-order valence-corrected chi connectivity index (χ4v) is 3.18. The second kappa shape index (κ2) is 5.25. The Kier molecular flexibility index (Phi) is 3.22. The predicted octanol–water partition coefficient (Wildman–Crippen LogP) is 3.22. The zero-order valence-corrected chi connectivity index (χ0v) is 13.0. The summed E-state index contributed by atoms with van der Waals surface area (Å²) in [6.45, 7) is 2.78. The van der Waals surface area contributed by atoms with E-state index in [9.17, 15) is 0 Å². The zero-order valence-electron chi connectivity index (χ0n) is 12.3. The molecule has 1 aromatic carbocycles. The largest absolute Gasteiger partial charge is 0.380 e. The van der Waals surface area contributed by atoms with Crippen molar-refractivity contribution in [2.75, 3.05) is 5.32 Å². The lowest BCUT2D eigenvalue weighted by molar-refractivity contribution is 0.441. The van der Waals surface area contributed by atoms with Gasteiger partial charge in [0.05, 0.1) is 12.1 Å². The van der Waals surface area contributed by atoms with E-state index in [1.807, 2.05) is 42.1 Å². The summed E-state index contributed by atoms with van der Waals surface area (Å²) in [5, 5.41) is 9.87. The second-order valence-electron chi connectivity index (χ2n) is 5.66. The summed E-state index contributed by atoms with van der Waals surface area (Å²) < 4.78 is 2.01. The number of benzene rings is 1. The second-order valence-corrected chi connectivity index (χ2v) is 6.09. The third kappa shape index (κ3) is 2.41. The van der Waals surface area contributed by atoms with Crippen LogP contribution in [0.3, 0.4) is 0 Å². The topological polar surface area (TPSA) is 55.6 Å². The number of rotatable bonds is 2. The lowest BCUT2D eigenvalue weighted by atomic mass is 10.1. The van der Waals surface area contributed by atoms with Crippen molar-refractivity contribution in [3.8, 4) is 0 Å². The van der Waals surface area contributed by atoms with Gasteiger partial charge in [-0.2, -0.15) is 5.10 Å². The van der Waals surface area contributed by atoms with E-state index in [0.717, 1.165) is 47.6 Å². The van der Waals surface area contributed by atoms with E-state index in [1.54, 1.807) is 0 Å². The first-order valence-corrected chi connectivity index (χ1v) is 7.78. The fourth-order valence-electron chi connectivity index (χ4n) is 3.02. The van der Waals surface area contributed by atoms with Gasteiger partial charge in [-0.1, -0.05) is 11.6 Å². The molecule has 1 unspecified atom stereocenters. The molecule has 2 aromatic heterocycles. The van der Waals surface area contributed by atoms with Crippen molar-refractivity contribution in [1.29, 1.82) is 0 Å². The predicted molar refractivity (Wildman–Crippen MR) is 87.2 cm³/mol. The van der Waals surface area contributed by atoms with Crippen LogP contribution in [0, 0.1) is 6.92 Å². The Labute approximate surface area is 133 Å². The van der Waals surface area contributed by atoms with Crippen molar-refractivity contribution in [1.82, 2.24) is 19.7 Å². The van der Waals surface area contributed by atoms with Crippen molar-refractivity contribution < 1.29 is 0 Å². The highest BCUT2D eigenvalue weighted by molar-refractivity contribution is 6.31. The molecule has 0 saturated heterocycles. The molecule has 1 N–H and O–H groups in total. The normalized spacial score (nSPS) is 17.5. The highest BCUT2D eigenvalue weighted by Crippen LogP contribution is 2.26. The fraction of sp³-hybridized carbons (Fsp3) is 0.312. The van der Waals surface area contributed by atoms with Crippen molar-refractivity contribution >= 4 is 28.2 Å². The van der Waals surface area contributed by atoms with Crippen LogP contribution in [0.4, 0.5) is 5.69 Å². The molecule has 3 aromatic rings. The Bertz CT molecular complexity index is 842. The maximum Gasteiger partial charge on any atom is 0.147 e. The molecule has 5 nitrogen and oxygen atoms in total. The average Bonchev–Trinajstić information content (AvgIpc) is 2.86. The Balaban J connectivity index is 1.62. The molecule has 6 heteroatoms. The van der Waals surface area contributed by atoms with E-state index < -0.39 is 0 Å². The maximum absolute atomic E-state index is 6.04. The molecule has 0 spiro atoms. The van der Waals surface area contributed by atoms with E-state index >= 15 is 0 Å². The molecule has 1 aliphatic rings. The smallest absolute Gasteiger partial charge is 0.147 e. The molecule has 0 amide bonds. The minimum atomic E-state index is 0.342. The molecule has 0 radical (unpaired) electrons. The molecule has 112 valence electrons.